The maximum Gasteiger partial charge on any atom is 0.193 e. The first-order valence-electron chi connectivity index (χ1n) is 7.45. The van der Waals surface area contributed by atoms with Gasteiger partial charge in [0.1, 0.15) is 0 Å². The van der Waals surface area contributed by atoms with Crippen molar-refractivity contribution in [3.63, 3.8) is 0 Å². The van der Waals surface area contributed by atoms with E-state index in [1.807, 2.05) is 0 Å². The van der Waals surface area contributed by atoms with E-state index in [9.17, 15) is 0 Å². The van der Waals surface area contributed by atoms with Gasteiger partial charge in [0.2, 0.25) is 0 Å². The fourth-order valence-electron chi connectivity index (χ4n) is 3.41. The number of hydrogen-bond acceptors (Lipinski definition) is 3. The van der Waals surface area contributed by atoms with Gasteiger partial charge in [-0.05, 0) is 30.5 Å². The third-order valence-electron chi connectivity index (χ3n) is 4.64. The van der Waals surface area contributed by atoms with E-state index in [4.69, 9.17) is 0 Å². The quantitative estimate of drug-likeness (QED) is 0.691. The number of hydrogen-bond donors (Lipinski definition) is 1. The predicted octanol–water partition coefficient (Wildman–Crippen LogP) is 3.77. The number of nitrogens with one attached hydrogen (secondary N) is 1. The van der Waals surface area contributed by atoms with Gasteiger partial charge < -0.3 is 10.2 Å². The molecule has 0 radical (unpaired) electrons. The zero-order chi connectivity index (χ0) is 14.0. The summed E-state index contributed by atoms with van der Waals surface area (Å²) < 4.78 is 1.18. The van der Waals surface area contributed by atoms with Crippen LogP contribution in [-0.4, -0.2) is 37.5 Å². The average Bonchev–Trinajstić information content (AvgIpc) is 3.06. The molecule has 2 aliphatic rings. The number of nitrogens with zero attached hydrogens (tertiary/aromatic N) is 2. The van der Waals surface area contributed by atoms with Gasteiger partial charge in [0, 0.05) is 30.0 Å². The number of benzene rings is 1. The predicted molar refractivity (Wildman–Crippen MR) is 103 cm³/mol. The molecular weight excluding hydrogens is 441 g/mol. The van der Waals surface area contributed by atoms with Crippen molar-refractivity contribution in [3.05, 3.63) is 34.3 Å². The van der Waals surface area contributed by atoms with Crippen molar-refractivity contribution < 1.29 is 0 Å². The second kappa shape index (κ2) is 7.31. The number of halogens is 2. The fourth-order valence-corrected chi connectivity index (χ4v) is 3.81. The Kier molecular flexibility index (Phi) is 5.94. The van der Waals surface area contributed by atoms with Gasteiger partial charge in [0.05, 0.1) is 6.54 Å². The van der Waals surface area contributed by atoms with Gasteiger partial charge in [0.25, 0.3) is 0 Å². The summed E-state index contributed by atoms with van der Waals surface area (Å²) in [6.45, 7) is 2.95. The monoisotopic (exact) mass is 463 g/mol. The van der Waals surface area contributed by atoms with E-state index in [0.717, 1.165) is 25.6 Å². The number of guanidine groups is 1. The molecule has 1 heterocycles. The van der Waals surface area contributed by atoms with Crippen molar-refractivity contribution in [1.82, 2.24) is 10.2 Å². The first-order chi connectivity index (χ1) is 9.70. The van der Waals surface area contributed by atoms with Gasteiger partial charge in [0.15, 0.2) is 5.96 Å². The van der Waals surface area contributed by atoms with E-state index >= 15 is 0 Å². The number of aliphatic imine (C=N–C) groups is 1. The van der Waals surface area contributed by atoms with Crippen LogP contribution >= 0.6 is 39.9 Å². The molecule has 21 heavy (non-hydrogen) atoms. The van der Waals surface area contributed by atoms with Crippen LogP contribution in [0.5, 0.6) is 0 Å². The molecular formula is C16H23BrIN3. The zero-order valence-corrected chi connectivity index (χ0v) is 16.4. The van der Waals surface area contributed by atoms with Crippen LogP contribution < -0.4 is 5.32 Å². The molecule has 0 bridgehead atoms. The van der Waals surface area contributed by atoms with Crippen LogP contribution in [0.15, 0.2) is 33.7 Å². The fraction of sp³-hybridized carbons (Fsp3) is 0.562. The minimum Gasteiger partial charge on any atom is -0.355 e. The summed E-state index contributed by atoms with van der Waals surface area (Å²) in [6.07, 6.45) is 5.20. The van der Waals surface area contributed by atoms with Crippen LogP contribution in [0.2, 0.25) is 0 Å². The lowest BCUT2D eigenvalue weighted by Crippen LogP contribution is -2.43. The minimum atomic E-state index is 0. The molecule has 1 aliphatic carbocycles. The highest BCUT2D eigenvalue weighted by Crippen LogP contribution is 2.41. The van der Waals surface area contributed by atoms with Crippen molar-refractivity contribution in [1.29, 1.82) is 0 Å². The second-order valence-corrected chi connectivity index (χ2v) is 6.89. The van der Waals surface area contributed by atoms with E-state index in [1.54, 1.807) is 0 Å². The van der Waals surface area contributed by atoms with Crippen LogP contribution in [0, 0.1) is 0 Å². The summed E-state index contributed by atoms with van der Waals surface area (Å²) in [4.78, 5) is 6.75. The Balaban J connectivity index is 0.00000161. The van der Waals surface area contributed by atoms with E-state index in [1.165, 1.54) is 35.7 Å². The Morgan fingerprint density at radius 1 is 1.33 bits per heavy atom. The van der Waals surface area contributed by atoms with Crippen LogP contribution in [0.3, 0.4) is 0 Å². The maximum atomic E-state index is 4.54. The highest BCUT2D eigenvalue weighted by molar-refractivity contribution is 14.0. The Morgan fingerprint density at radius 2 is 2.10 bits per heavy atom. The molecule has 1 aromatic rings. The Labute approximate surface area is 152 Å². The molecule has 1 N–H and O–H groups in total. The summed E-state index contributed by atoms with van der Waals surface area (Å²) in [5, 5.41) is 3.59. The summed E-state index contributed by atoms with van der Waals surface area (Å²) in [5.41, 5.74) is 1.73. The number of likely N-dealkylation sites (N-methyl/N-ethyl adjacent to an activating group) is 1. The first kappa shape index (κ1) is 17.1. The molecule has 1 saturated carbocycles. The van der Waals surface area contributed by atoms with Crippen molar-refractivity contribution in [2.75, 3.05) is 26.7 Å². The van der Waals surface area contributed by atoms with Gasteiger partial charge in [-0.15, -0.1) is 24.0 Å². The van der Waals surface area contributed by atoms with Gasteiger partial charge in [-0.25, -0.2) is 0 Å². The SMILES string of the molecule is CN1CCN=C1NCC1(c2cccc(Br)c2)CCCC1.I. The van der Waals surface area contributed by atoms with Crippen molar-refractivity contribution in [2.45, 2.75) is 31.1 Å². The summed E-state index contributed by atoms with van der Waals surface area (Å²) in [6, 6.07) is 8.82. The van der Waals surface area contributed by atoms with Gasteiger partial charge in [-0.2, -0.15) is 0 Å². The summed E-state index contributed by atoms with van der Waals surface area (Å²) in [7, 11) is 2.11. The molecule has 3 nitrogen and oxygen atoms in total. The Bertz CT molecular complexity index is 512. The van der Waals surface area contributed by atoms with Crippen LogP contribution in [0.4, 0.5) is 0 Å². The standard InChI is InChI=1S/C16H22BrN3.HI/c1-20-10-9-18-15(20)19-12-16(7-2-3-8-16)13-5-4-6-14(17)11-13;/h4-6,11H,2-3,7-10,12H2,1H3,(H,18,19);1H. The van der Waals surface area contributed by atoms with Crippen molar-refractivity contribution in [3.8, 4) is 0 Å². The molecule has 0 spiro atoms. The van der Waals surface area contributed by atoms with Crippen LogP contribution in [0.1, 0.15) is 31.2 Å². The third kappa shape index (κ3) is 3.73. The molecule has 1 fully saturated rings. The molecule has 1 aromatic carbocycles. The average molecular weight is 464 g/mol. The summed E-state index contributed by atoms with van der Waals surface area (Å²) >= 11 is 3.61. The Morgan fingerprint density at radius 3 is 2.71 bits per heavy atom. The third-order valence-corrected chi connectivity index (χ3v) is 5.13. The van der Waals surface area contributed by atoms with Gasteiger partial charge in [-0.3, -0.25) is 4.99 Å². The molecule has 0 atom stereocenters. The molecule has 0 amide bonds. The molecule has 116 valence electrons. The maximum absolute atomic E-state index is 4.54. The lowest BCUT2D eigenvalue weighted by atomic mass is 9.79. The zero-order valence-electron chi connectivity index (χ0n) is 12.4. The normalized spacial score (nSPS) is 20.1. The van der Waals surface area contributed by atoms with Crippen molar-refractivity contribution in [2.24, 2.45) is 4.99 Å². The molecule has 5 heteroatoms. The molecule has 0 aromatic heterocycles. The van der Waals surface area contributed by atoms with E-state index in [-0.39, 0.29) is 29.4 Å². The van der Waals surface area contributed by atoms with Gasteiger partial charge >= 0.3 is 0 Å². The van der Waals surface area contributed by atoms with Crippen LogP contribution in [0.25, 0.3) is 0 Å². The topological polar surface area (TPSA) is 27.6 Å². The highest BCUT2D eigenvalue weighted by Gasteiger charge is 2.36. The lowest BCUT2D eigenvalue weighted by Gasteiger charge is -2.31. The largest absolute Gasteiger partial charge is 0.355 e. The molecule has 0 saturated heterocycles. The van der Waals surface area contributed by atoms with E-state index in [2.05, 4.69) is 62.5 Å². The smallest absolute Gasteiger partial charge is 0.193 e. The Hall–Kier alpha value is -0.300. The number of rotatable bonds is 3. The van der Waals surface area contributed by atoms with E-state index in [0.29, 0.717) is 0 Å². The molecule has 3 rings (SSSR count). The van der Waals surface area contributed by atoms with Crippen molar-refractivity contribution >= 4 is 45.9 Å². The molecule has 1 aliphatic heterocycles. The summed E-state index contributed by atoms with van der Waals surface area (Å²) in [5.74, 6) is 1.06. The van der Waals surface area contributed by atoms with Gasteiger partial charge in [-0.1, -0.05) is 40.9 Å². The van der Waals surface area contributed by atoms with E-state index < -0.39 is 0 Å². The van der Waals surface area contributed by atoms with Crippen LogP contribution in [-0.2, 0) is 5.41 Å². The highest BCUT2D eigenvalue weighted by atomic mass is 127. The molecule has 0 unspecified atom stereocenters. The lowest BCUT2D eigenvalue weighted by molar-refractivity contribution is 0.422. The first-order valence-corrected chi connectivity index (χ1v) is 8.24. The second-order valence-electron chi connectivity index (χ2n) is 5.98. The minimum absolute atomic E-state index is 0.